The van der Waals surface area contributed by atoms with Crippen molar-refractivity contribution in [2.45, 2.75) is 0 Å². The molecule has 2 aromatic carbocycles. The fourth-order valence-electron chi connectivity index (χ4n) is 1.58. The van der Waals surface area contributed by atoms with Gasteiger partial charge in [0.05, 0.1) is 11.5 Å². The number of hydrogen-bond donors (Lipinski definition) is 1. The highest BCUT2D eigenvalue weighted by Crippen LogP contribution is 2.24. The van der Waals surface area contributed by atoms with Crippen molar-refractivity contribution in [1.82, 2.24) is 0 Å². The highest BCUT2D eigenvalue weighted by Gasteiger charge is 2.01. The van der Waals surface area contributed by atoms with Crippen LogP contribution in [0, 0.1) is 0 Å². The molecule has 0 bridgehead atoms. The van der Waals surface area contributed by atoms with E-state index in [1.807, 2.05) is 71.1 Å². The molecule has 0 aliphatic rings. The number of ether oxygens (including phenoxy) is 2. The van der Waals surface area contributed by atoms with Gasteiger partial charge in [-0.1, -0.05) is 22.6 Å². The molecule has 104 valence electrons. The van der Waals surface area contributed by atoms with E-state index in [2.05, 4.69) is 5.32 Å². The Labute approximate surface area is 131 Å². The number of amides is 1. The van der Waals surface area contributed by atoms with E-state index >= 15 is 0 Å². The van der Waals surface area contributed by atoms with Crippen molar-refractivity contribution in [2.75, 3.05) is 16.9 Å². The van der Waals surface area contributed by atoms with Crippen LogP contribution in [0.15, 0.2) is 48.5 Å². The molecule has 5 heteroatoms. The maximum Gasteiger partial charge on any atom is 0.234 e. The largest absolute Gasteiger partial charge is 0.497 e. The molecule has 0 saturated carbocycles. The molecule has 0 aliphatic carbocycles. The monoisotopic (exact) mass is 383 g/mol. The van der Waals surface area contributed by atoms with E-state index in [0.717, 1.165) is 17.2 Å². The van der Waals surface area contributed by atoms with Crippen molar-refractivity contribution in [3.05, 3.63) is 48.5 Å². The molecule has 0 heterocycles. The number of nitrogens with one attached hydrogen (secondary N) is 1. The first-order valence-electron chi connectivity index (χ1n) is 5.99. The Bertz CT molecular complexity index is 567. The molecule has 0 spiro atoms. The van der Waals surface area contributed by atoms with Crippen molar-refractivity contribution < 1.29 is 14.3 Å². The first-order chi connectivity index (χ1) is 9.71. The van der Waals surface area contributed by atoms with Crippen LogP contribution >= 0.6 is 22.6 Å². The van der Waals surface area contributed by atoms with Crippen LogP contribution < -0.4 is 14.8 Å². The summed E-state index contributed by atoms with van der Waals surface area (Å²) in [6.45, 7) is 0. The minimum atomic E-state index is -0.0191. The Hall–Kier alpha value is -1.76. The molecule has 0 fully saturated rings. The Balaban J connectivity index is 2.00. The number of methoxy groups -OCH3 is 1. The third-order valence-corrected chi connectivity index (χ3v) is 3.25. The minimum Gasteiger partial charge on any atom is -0.497 e. The lowest BCUT2D eigenvalue weighted by atomic mass is 10.3. The smallest absolute Gasteiger partial charge is 0.234 e. The number of halogens is 1. The van der Waals surface area contributed by atoms with Gasteiger partial charge in [-0.2, -0.15) is 0 Å². The van der Waals surface area contributed by atoms with Crippen molar-refractivity contribution in [3.63, 3.8) is 0 Å². The summed E-state index contributed by atoms with van der Waals surface area (Å²) in [5, 5.41) is 2.78. The third kappa shape index (κ3) is 4.12. The van der Waals surface area contributed by atoms with Crippen LogP contribution in [0.1, 0.15) is 0 Å². The Kier molecular flexibility index (Phi) is 5.23. The number of carbonyl (C=O) groups excluding carboxylic acids is 1. The van der Waals surface area contributed by atoms with E-state index in [1.165, 1.54) is 0 Å². The van der Waals surface area contributed by atoms with Gasteiger partial charge in [0, 0.05) is 5.69 Å². The number of carbonyl (C=O) groups is 1. The SMILES string of the molecule is COc1ccc(Oc2ccc(NC(=O)CI)cc2)cc1. The summed E-state index contributed by atoms with van der Waals surface area (Å²) in [4.78, 5) is 11.3. The predicted octanol–water partition coefficient (Wildman–Crippen LogP) is 3.86. The number of hydrogen-bond acceptors (Lipinski definition) is 3. The van der Waals surface area contributed by atoms with Gasteiger partial charge < -0.3 is 14.8 Å². The number of benzene rings is 2. The van der Waals surface area contributed by atoms with E-state index in [4.69, 9.17) is 9.47 Å². The summed E-state index contributed by atoms with van der Waals surface area (Å²) in [5.74, 6) is 2.21. The molecule has 0 unspecified atom stereocenters. The average molecular weight is 383 g/mol. The normalized spacial score (nSPS) is 9.90. The maximum absolute atomic E-state index is 11.3. The molecule has 0 atom stereocenters. The van der Waals surface area contributed by atoms with Crippen LogP contribution in [0.25, 0.3) is 0 Å². The second-order valence-electron chi connectivity index (χ2n) is 3.98. The Morgan fingerprint density at radius 1 is 1.00 bits per heavy atom. The van der Waals surface area contributed by atoms with Crippen LogP contribution in [-0.4, -0.2) is 17.4 Å². The fraction of sp³-hybridized carbons (Fsp3) is 0.133. The summed E-state index contributed by atoms with van der Waals surface area (Å²) in [5.41, 5.74) is 0.758. The van der Waals surface area contributed by atoms with Crippen LogP contribution in [0.2, 0.25) is 0 Å². The van der Waals surface area contributed by atoms with Gasteiger partial charge in [0.15, 0.2) is 0 Å². The summed E-state index contributed by atoms with van der Waals surface area (Å²) in [6.07, 6.45) is 0. The van der Waals surface area contributed by atoms with Crippen LogP contribution in [0.5, 0.6) is 17.2 Å². The summed E-state index contributed by atoms with van der Waals surface area (Å²) >= 11 is 2.02. The van der Waals surface area contributed by atoms with Crippen LogP contribution in [0.4, 0.5) is 5.69 Å². The lowest BCUT2D eigenvalue weighted by Crippen LogP contribution is -2.11. The first-order valence-corrected chi connectivity index (χ1v) is 7.51. The van der Waals surface area contributed by atoms with Crippen molar-refractivity contribution in [3.8, 4) is 17.2 Å². The molecule has 0 saturated heterocycles. The molecule has 2 rings (SSSR count). The lowest BCUT2D eigenvalue weighted by Gasteiger charge is -2.08. The van der Waals surface area contributed by atoms with E-state index in [-0.39, 0.29) is 5.91 Å². The zero-order valence-electron chi connectivity index (χ0n) is 10.9. The van der Waals surface area contributed by atoms with Crippen molar-refractivity contribution in [2.24, 2.45) is 0 Å². The van der Waals surface area contributed by atoms with Gasteiger partial charge in [0.1, 0.15) is 17.2 Å². The molecule has 2 aromatic rings. The molecule has 20 heavy (non-hydrogen) atoms. The molecular formula is C15H14INO3. The predicted molar refractivity (Wildman–Crippen MR) is 87.0 cm³/mol. The molecule has 1 N–H and O–H groups in total. The van der Waals surface area contributed by atoms with Gasteiger partial charge in [0.25, 0.3) is 0 Å². The van der Waals surface area contributed by atoms with Gasteiger partial charge in [-0.3, -0.25) is 4.79 Å². The molecular weight excluding hydrogens is 369 g/mol. The van der Waals surface area contributed by atoms with Gasteiger partial charge in [-0.25, -0.2) is 0 Å². The minimum absolute atomic E-state index is 0.0191. The summed E-state index contributed by atoms with van der Waals surface area (Å²) < 4.78 is 11.2. The molecule has 0 aromatic heterocycles. The number of alkyl halides is 1. The Morgan fingerprint density at radius 3 is 2.00 bits per heavy atom. The highest BCUT2D eigenvalue weighted by atomic mass is 127. The van der Waals surface area contributed by atoms with Gasteiger partial charge in [-0.15, -0.1) is 0 Å². The molecule has 0 aliphatic heterocycles. The first kappa shape index (κ1) is 14.6. The van der Waals surface area contributed by atoms with E-state index in [1.54, 1.807) is 7.11 Å². The van der Waals surface area contributed by atoms with Gasteiger partial charge in [0.2, 0.25) is 5.91 Å². The average Bonchev–Trinajstić information content (AvgIpc) is 2.50. The second kappa shape index (κ2) is 7.14. The third-order valence-electron chi connectivity index (χ3n) is 2.55. The lowest BCUT2D eigenvalue weighted by molar-refractivity contribution is -0.113. The van der Waals surface area contributed by atoms with E-state index in [0.29, 0.717) is 10.2 Å². The van der Waals surface area contributed by atoms with Crippen molar-refractivity contribution in [1.29, 1.82) is 0 Å². The van der Waals surface area contributed by atoms with E-state index in [9.17, 15) is 4.79 Å². The quantitative estimate of drug-likeness (QED) is 0.630. The van der Waals surface area contributed by atoms with Crippen molar-refractivity contribution >= 4 is 34.2 Å². The summed E-state index contributed by atoms with van der Waals surface area (Å²) in [7, 11) is 1.62. The molecule has 4 nitrogen and oxygen atoms in total. The van der Waals surface area contributed by atoms with Gasteiger partial charge >= 0.3 is 0 Å². The standard InChI is InChI=1S/C15H14INO3/c1-19-12-6-8-14(9-7-12)20-13-4-2-11(3-5-13)17-15(18)10-16/h2-9H,10H2,1H3,(H,17,18). The second-order valence-corrected chi connectivity index (χ2v) is 4.75. The topological polar surface area (TPSA) is 47.6 Å². The fourth-order valence-corrected chi connectivity index (χ4v) is 1.77. The number of anilines is 1. The zero-order chi connectivity index (χ0) is 14.4. The highest BCUT2D eigenvalue weighted by molar-refractivity contribution is 14.1. The Morgan fingerprint density at radius 2 is 1.50 bits per heavy atom. The van der Waals surface area contributed by atoms with Gasteiger partial charge in [-0.05, 0) is 48.5 Å². The van der Waals surface area contributed by atoms with E-state index < -0.39 is 0 Å². The maximum atomic E-state index is 11.3. The van der Waals surface area contributed by atoms with Crippen LogP contribution in [-0.2, 0) is 4.79 Å². The van der Waals surface area contributed by atoms with Crippen LogP contribution in [0.3, 0.4) is 0 Å². The molecule has 0 radical (unpaired) electrons. The summed E-state index contributed by atoms with van der Waals surface area (Å²) in [6, 6.07) is 14.6. The zero-order valence-corrected chi connectivity index (χ0v) is 13.1. The molecule has 1 amide bonds. The number of rotatable bonds is 5.